The second-order valence-electron chi connectivity index (χ2n) is 6.18. The summed E-state index contributed by atoms with van der Waals surface area (Å²) in [6.07, 6.45) is 9.08. The van der Waals surface area contributed by atoms with E-state index in [1.807, 2.05) is 18.5 Å². The van der Waals surface area contributed by atoms with Gasteiger partial charge >= 0.3 is 0 Å². The van der Waals surface area contributed by atoms with Crippen LogP contribution in [0.2, 0.25) is 0 Å². The van der Waals surface area contributed by atoms with Crippen molar-refractivity contribution < 1.29 is 0 Å². The van der Waals surface area contributed by atoms with Crippen LogP contribution in [0.5, 0.6) is 0 Å². The fraction of sp³-hybridized carbons (Fsp3) is 0.688. The molecule has 1 aliphatic rings. The van der Waals surface area contributed by atoms with Crippen molar-refractivity contribution >= 4 is 0 Å². The summed E-state index contributed by atoms with van der Waals surface area (Å²) >= 11 is 0. The third-order valence-corrected chi connectivity index (χ3v) is 4.45. The van der Waals surface area contributed by atoms with Gasteiger partial charge in [0.25, 0.3) is 0 Å². The van der Waals surface area contributed by atoms with E-state index < -0.39 is 0 Å². The Labute approximate surface area is 117 Å². The van der Waals surface area contributed by atoms with E-state index >= 15 is 0 Å². The lowest BCUT2D eigenvalue weighted by Crippen LogP contribution is -2.44. The molecule has 106 valence electrons. The van der Waals surface area contributed by atoms with Crippen molar-refractivity contribution in [3.63, 3.8) is 0 Å². The Morgan fingerprint density at radius 3 is 2.79 bits per heavy atom. The molecule has 3 heteroatoms. The van der Waals surface area contributed by atoms with Gasteiger partial charge in [-0.2, -0.15) is 0 Å². The topological polar surface area (TPSA) is 42.2 Å². The van der Waals surface area contributed by atoms with E-state index in [1.165, 1.54) is 31.2 Å². The van der Waals surface area contributed by atoms with Crippen molar-refractivity contribution in [2.24, 2.45) is 11.7 Å². The molecule has 0 bridgehead atoms. The van der Waals surface area contributed by atoms with Gasteiger partial charge in [0.05, 0.1) is 6.04 Å². The Morgan fingerprint density at radius 2 is 2.21 bits per heavy atom. The van der Waals surface area contributed by atoms with Crippen LogP contribution >= 0.6 is 0 Å². The van der Waals surface area contributed by atoms with Crippen LogP contribution in [0.25, 0.3) is 0 Å². The number of nitrogens with zero attached hydrogens (tertiary/aromatic N) is 2. The fourth-order valence-corrected chi connectivity index (χ4v) is 3.46. The van der Waals surface area contributed by atoms with Gasteiger partial charge in [-0.25, -0.2) is 0 Å². The molecule has 1 aliphatic carbocycles. The van der Waals surface area contributed by atoms with Gasteiger partial charge in [0.1, 0.15) is 0 Å². The van der Waals surface area contributed by atoms with E-state index in [1.54, 1.807) is 0 Å². The zero-order chi connectivity index (χ0) is 13.8. The van der Waals surface area contributed by atoms with Gasteiger partial charge in [-0.15, -0.1) is 0 Å². The lowest BCUT2D eigenvalue weighted by molar-refractivity contribution is 0.106. The van der Waals surface area contributed by atoms with Gasteiger partial charge in [-0.1, -0.05) is 25.8 Å². The van der Waals surface area contributed by atoms with Crippen LogP contribution in [0.3, 0.4) is 0 Å². The van der Waals surface area contributed by atoms with Crippen molar-refractivity contribution in [2.75, 3.05) is 7.05 Å². The largest absolute Gasteiger partial charge is 0.326 e. The van der Waals surface area contributed by atoms with E-state index in [2.05, 4.69) is 36.8 Å². The van der Waals surface area contributed by atoms with Crippen molar-refractivity contribution in [2.45, 2.75) is 57.7 Å². The highest BCUT2D eigenvalue weighted by Gasteiger charge is 2.29. The normalized spacial score (nSPS) is 27.2. The smallest absolute Gasteiger partial charge is 0.0511 e. The molecule has 1 aromatic rings. The molecule has 3 nitrogen and oxygen atoms in total. The number of aromatic nitrogens is 1. The van der Waals surface area contributed by atoms with Gasteiger partial charge in [-0.05, 0) is 44.4 Å². The standard InChI is InChI=1S/C16H27N3/c1-12-6-4-8-15(10-12)19(3)16(13(2)17)14-7-5-9-18-11-14/h5,7,9,11-13,15-16H,4,6,8,10,17H2,1-3H3. The summed E-state index contributed by atoms with van der Waals surface area (Å²) in [7, 11) is 2.23. The maximum absolute atomic E-state index is 6.24. The molecule has 2 rings (SSSR count). The molecule has 1 aromatic heterocycles. The molecule has 4 unspecified atom stereocenters. The maximum atomic E-state index is 6.24. The Kier molecular flexibility index (Phi) is 4.94. The minimum atomic E-state index is 0.117. The van der Waals surface area contributed by atoms with Crippen LogP contribution in [-0.2, 0) is 0 Å². The predicted molar refractivity (Wildman–Crippen MR) is 79.8 cm³/mol. The quantitative estimate of drug-likeness (QED) is 0.906. The average molecular weight is 261 g/mol. The summed E-state index contributed by atoms with van der Waals surface area (Å²) in [5.74, 6) is 0.837. The van der Waals surface area contributed by atoms with Gasteiger partial charge in [0, 0.05) is 24.5 Å². The lowest BCUT2D eigenvalue weighted by Gasteiger charge is -2.40. The Balaban J connectivity index is 2.15. The molecule has 0 radical (unpaired) electrons. The minimum Gasteiger partial charge on any atom is -0.326 e. The number of likely N-dealkylation sites (N-methyl/N-ethyl adjacent to an activating group) is 1. The van der Waals surface area contributed by atoms with Crippen molar-refractivity contribution in [3.05, 3.63) is 30.1 Å². The first-order chi connectivity index (χ1) is 9.09. The summed E-state index contributed by atoms with van der Waals surface area (Å²) in [4.78, 5) is 6.73. The zero-order valence-electron chi connectivity index (χ0n) is 12.4. The molecule has 1 saturated carbocycles. The number of nitrogens with two attached hydrogens (primary N) is 1. The average Bonchev–Trinajstić information content (AvgIpc) is 2.39. The van der Waals surface area contributed by atoms with E-state index in [0.717, 1.165) is 5.92 Å². The highest BCUT2D eigenvalue weighted by molar-refractivity contribution is 5.16. The fourth-order valence-electron chi connectivity index (χ4n) is 3.46. The van der Waals surface area contributed by atoms with Gasteiger partial charge in [0.15, 0.2) is 0 Å². The molecule has 4 atom stereocenters. The number of pyridine rings is 1. The third kappa shape index (κ3) is 3.54. The van der Waals surface area contributed by atoms with Crippen molar-refractivity contribution in [1.29, 1.82) is 0 Å². The van der Waals surface area contributed by atoms with E-state index in [9.17, 15) is 0 Å². The summed E-state index contributed by atoms with van der Waals surface area (Å²) in [5.41, 5.74) is 7.48. The molecule has 0 aromatic carbocycles. The number of hydrogen-bond acceptors (Lipinski definition) is 3. The Hall–Kier alpha value is -0.930. The number of rotatable bonds is 4. The van der Waals surface area contributed by atoms with Crippen LogP contribution < -0.4 is 5.73 Å². The van der Waals surface area contributed by atoms with Crippen LogP contribution in [0.15, 0.2) is 24.5 Å². The molecule has 0 spiro atoms. The second kappa shape index (κ2) is 6.49. The van der Waals surface area contributed by atoms with Gasteiger partial charge < -0.3 is 5.73 Å². The van der Waals surface area contributed by atoms with Crippen molar-refractivity contribution in [1.82, 2.24) is 9.88 Å². The maximum Gasteiger partial charge on any atom is 0.0511 e. The minimum absolute atomic E-state index is 0.117. The van der Waals surface area contributed by atoms with Crippen LogP contribution in [0, 0.1) is 5.92 Å². The molecule has 1 heterocycles. The predicted octanol–water partition coefficient (Wildman–Crippen LogP) is 2.98. The van der Waals surface area contributed by atoms with E-state index in [4.69, 9.17) is 5.73 Å². The Bertz CT molecular complexity index is 377. The third-order valence-electron chi connectivity index (χ3n) is 4.45. The summed E-state index contributed by atoms with van der Waals surface area (Å²) in [6.45, 7) is 4.46. The van der Waals surface area contributed by atoms with Gasteiger partial charge in [0.2, 0.25) is 0 Å². The summed E-state index contributed by atoms with van der Waals surface area (Å²) in [5, 5.41) is 0. The van der Waals surface area contributed by atoms with Crippen LogP contribution in [0.4, 0.5) is 0 Å². The molecule has 0 saturated heterocycles. The van der Waals surface area contributed by atoms with E-state index in [-0.39, 0.29) is 12.1 Å². The molecule has 19 heavy (non-hydrogen) atoms. The van der Waals surface area contributed by atoms with Gasteiger partial charge in [-0.3, -0.25) is 9.88 Å². The van der Waals surface area contributed by atoms with Crippen LogP contribution in [0.1, 0.15) is 51.1 Å². The van der Waals surface area contributed by atoms with Crippen LogP contribution in [-0.4, -0.2) is 29.0 Å². The number of hydrogen-bond donors (Lipinski definition) is 1. The van der Waals surface area contributed by atoms with Crippen molar-refractivity contribution in [3.8, 4) is 0 Å². The zero-order valence-corrected chi connectivity index (χ0v) is 12.4. The lowest BCUT2D eigenvalue weighted by atomic mass is 9.85. The molecule has 1 fully saturated rings. The first-order valence-electron chi connectivity index (χ1n) is 7.47. The summed E-state index contributed by atoms with van der Waals surface area (Å²) < 4.78 is 0. The van der Waals surface area contributed by atoms with E-state index in [0.29, 0.717) is 6.04 Å². The molecule has 0 amide bonds. The summed E-state index contributed by atoms with van der Waals surface area (Å²) in [6, 6.07) is 5.18. The molecule has 2 N–H and O–H groups in total. The first kappa shape index (κ1) is 14.5. The molecular weight excluding hydrogens is 234 g/mol. The highest BCUT2D eigenvalue weighted by Crippen LogP contribution is 2.32. The Morgan fingerprint density at radius 1 is 1.42 bits per heavy atom. The first-order valence-corrected chi connectivity index (χ1v) is 7.47. The second-order valence-corrected chi connectivity index (χ2v) is 6.18. The molecule has 0 aliphatic heterocycles. The monoisotopic (exact) mass is 261 g/mol. The SMILES string of the molecule is CC1CCCC(N(C)C(c2cccnc2)C(C)N)C1. The highest BCUT2D eigenvalue weighted by atomic mass is 15.2. The molecular formula is C16H27N3.